The van der Waals surface area contributed by atoms with Gasteiger partial charge in [-0.05, 0) is 37.1 Å². The van der Waals surface area contributed by atoms with Gasteiger partial charge in [-0.1, -0.05) is 43.5 Å². The van der Waals surface area contributed by atoms with E-state index in [0.717, 1.165) is 34.3 Å². The second-order valence-electron chi connectivity index (χ2n) is 7.74. The monoisotopic (exact) mass is 433 g/mol. The maximum absolute atomic E-state index is 10.1. The number of para-hydroxylation sites is 2. The fraction of sp³-hybridized carbons (Fsp3) is 0.250. The zero-order valence-corrected chi connectivity index (χ0v) is 17.8. The molecule has 5 rings (SSSR count). The number of rotatable bonds is 4. The minimum absolute atomic E-state index is 0.177. The Labute approximate surface area is 183 Å². The Hall–Kier alpha value is -3.32. The van der Waals surface area contributed by atoms with Crippen LogP contribution in [-0.4, -0.2) is 27.1 Å². The number of phenols is 2. The van der Waals surface area contributed by atoms with E-state index >= 15 is 0 Å². The molecule has 1 fully saturated rings. The summed E-state index contributed by atoms with van der Waals surface area (Å²) in [7, 11) is 0. The first kappa shape index (κ1) is 19.6. The van der Waals surface area contributed by atoms with Crippen LogP contribution in [0.25, 0.3) is 22.4 Å². The zero-order valence-electron chi connectivity index (χ0n) is 16.9. The maximum Gasteiger partial charge on any atom is 0.206 e. The average molecular weight is 434 g/mol. The van der Waals surface area contributed by atoms with Crippen LogP contribution in [0.2, 0.25) is 0 Å². The van der Waals surface area contributed by atoms with Gasteiger partial charge in [-0.15, -0.1) is 11.3 Å². The second kappa shape index (κ2) is 8.43. The molecular weight excluding hydrogens is 410 g/mol. The quantitative estimate of drug-likeness (QED) is 0.330. The number of nitrogens with zero attached hydrogens (tertiary/aromatic N) is 3. The molecule has 4 aromatic rings. The molecule has 1 aliphatic rings. The summed E-state index contributed by atoms with van der Waals surface area (Å²) in [6.07, 6.45) is 7.40. The molecule has 6 nitrogen and oxygen atoms in total. The van der Waals surface area contributed by atoms with E-state index in [0.29, 0.717) is 17.4 Å². The van der Waals surface area contributed by atoms with Crippen LogP contribution < -0.4 is 4.80 Å². The van der Waals surface area contributed by atoms with Crippen molar-refractivity contribution >= 4 is 28.5 Å². The smallest absolute Gasteiger partial charge is 0.206 e. The number of thiazole rings is 1. The normalized spacial score (nSPS) is 15.9. The largest absolute Gasteiger partial charge is 0.504 e. The third-order valence-corrected chi connectivity index (χ3v) is 6.42. The van der Waals surface area contributed by atoms with Crippen molar-refractivity contribution in [2.75, 3.05) is 0 Å². The molecular formula is C24H23N3O3S. The third kappa shape index (κ3) is 4.01. The Morgan fingerprint density at radius 2 is 1.87 bits per heavy atom. The lowest BCUT2D eigenvalue weighted by atomic mass is 9.96. The number of benzene rings is 2. The highest BCUT2D eigenvalue weighted by molar-refractivity contribution is 7.07. The van der Waals surface area contributed by atoms with Crippen LogP contribution in [0.5, 0.6) is 11.5 Å². The summed E-state index contributed by atoms with van der Waals surface area (Å²) in [5.41, 5.74) is 2.04. The van der Waals surface area contributed by atoms with E-state index in [-0.39, 0.29) is 11.5 Å². The Bertz CT molecular complexity index is 1280. The minimum Gasteiger partial charge on any atom is -0.504 e. The van der Waals surface area contributed by atoms with Crippen molar-refractivity contribution in [1.82, 2.24) is 4.68 Å². The van der Waals surface area contributed by atoms with Crippen LogP contribution in [0, 0.1) is 0 Å². The molecule has 1 saturated carbocycles. The Kier molecular flexibility index (Phi) is 5.34. The van der Waals surface area contributed by atoms with Gasteiger partial charge in [-0.2, -0.15) is 5.10 Å². The predicted octanol–water partition coefficient (Wildman–Crippen LogP) is 5.49. The highest BCUT2D eigenvalue weighted by Gasteiger charge is 2.16. The molecule has 31 heavy (non-hydrogen) atoms. The van der Waals surface area contributed by atoms with Gasteiger partial charge in [-0.25, -0.2) is 4.68 Å². The van der Waals surface area contributed by atoms with Crippen LogP contribution in [0.1, 0.15) is 37.7 Å². The molecule has 0 amide bonds. The lowest BCUT2D eigenvalue weighted by Gasteiger charge is -2.16. The van der Waals surface area contributed by atoms with Crippen molar-refractivity contribution in [1.29, 1.82) is 0 Å². The van der Waals surface area contributed by atoms with E-state index in [1.165, 1.54) is 42.9 Å². The van der Waals surface area contributed by atoms with Crippen molar-refractivity contribution in [2.24, 2.45) is 10.1 Å². The van der Waals surface area contributed by atoms with Gasteiger partial charge in [0.15, 0.2) is 17.3 Å². The van der Waals surface area contributed by atoms with E-state index < -0.39 is 0 Å². The molecule has 2 aromatic carbocycles. The molecule has 158 valence electrons. The Morgan fingerprint density at radius 3 is 2.71 bits per heavy atom. The molecule has 2 heterocycles. The summed E-state index contributed by atoms with van der Waals surface area (Å²) in [4.78, 5) is 5.77. The van der Waals surface area contributed by atoms with Crippen molar-refractivity contribution < 1.29 is 14.6 Å². The summed E-state index contributed by atoms with van der Waals surface area (Å²) < 4.78 is 7.84. The number of furan rings is 1. The lowest BCUT2D eigenvalue weighted by Crippen LogP contribution is -2.18. The van der Waals surface area contributed by atoms with Crippen LogP contribution >= 0.6 is 11.3 Å². The van der Waals surface area contributed by atoms with Gasteiger partial charge in [0, 0.05) is 16.3 Å². The number of hydrogen-bond acceptors (Lipinski definition) is 6. The summed E-state index contributed by atoms with van der Waals surface area (Å²) in [5.74, 6) is 0.335. The molecule has 7 heteroatoms. The van der Waals surface area contributed by atoms with E-state index in [4.69, 9.17) is 9.41 Å². The second-order valence-corrected chi connectivity index (χ2v) is 8.58. The Morgan fingerprint density at radius 1 is 1.03 bits per heavy atom. The van der Waals surface area contributed by atoms with E-state index in [1.807, 2.05) is 35.7 Å². The number of hydrogen-bond donors (Lipinski definition) is 2. The van der Waals surface area contributed by atoms with Gasteiger partial charge in [0.25, 0.3) is 0 Å². The first-order chi connectivity index (χ1) is 15.2. The van der Waals surface area contributed by atoms with Gasteiger partial charge in [0.2, 0.25) is 4.80 Å². The van der Waals surface area contributed by atoms with E-state index in [2.05, 4.69) is 5.10 Å². The van der Waals surface area contributed by atoms with Crippen LogP contribution in [0.4, 0.5) is 0 Å². The molecule has 2 N–H and O–H groups in total. The lowest BCUT2D eigenvalue weighted by molar-refractivity contribution is 0.403. The summed E-state index contributed by atoms with van der Waals surface area (Å²) in [6.45, 7) is 0. The summed E-state index contributed by atoms with van der Waals surface area (Å²) >= 11 is 1.53. The van der Waals surface area contributed by atoms with Crippen molar-refractivity contribution in [3.63, 3.8) is 0 Å². The van der Waals surface area contributed by atoms with Gasteiger partial charge in [-0.3, -0.25) is 4.99 Å². The zero-order chi connectivity index (χ0) is 21.2. The first-order valence-corrected chi connectivity index (χ1v) is 11.4. The summed E-state index contributed by atoms with van der Waals surface area (Å²) in [6, 6.07) is 15.0. The number of phenolic OH excluding ortho intramolecular Hbond substituents is 2. The molecule has 0 bridgehead atoms. The van der Waals surface area contributed by atoms with Crippen LogP contribution in [0.3, 0.4) is 0 Å². The van der Waals surface area contributed by atoms with Crippen LogP contribution in [-0.2, 0) is 0 Å². The highest BCUT2D eigenvalue weighted by atomic mass is 32.1. The highest BCUT2D eigenvalue weighted by Crippen LogP contribution is 2.29. The molecule has 0 radical (unpaired) electrons. The van der Waals surface area contributed by atoms with Gasteiger partial charge in [0.05, 0.1) is 12.3 Å². The average Bonchev–Trinajstić information content (AvgIpc) is 3.39. The fourth-order valence-electron chi connectivity index (χ4n) is 3.92. The molecule has 0 spiro atoms. The summed E-state index contributed by atoms with van der Waals surface area (Å²) in [5, 5.41) is 27.6. The standard InChI is InChI=1S/C24H23N3O3S/c28-20-11-6-8-17(23(20)29)14-25-27-19(22-13-16-7-4-5-12-21(16)30-22)15-31-24(27)26-18-9-2-1-3-10-18/h4-8,11-15,18,28-29H,1-3,9-10H2. The predicted molar refractivity (Wildman–Crippen MR) is 123 cm³/mol. The van der Waals surface area contributed by atoms with Gasteiger partial charge in [0.1, 0.15) is 11.3 Å². The SMILES string of the molecule is Oc1cccc(C=Nn2c(-c3cc4ccccc4o3)csc2=NC2CCCCC2)c1O. The minimum atomic E-state index is -0.196. The topological polar surface area (TPSA) is 83.2 Å². The molecule has 1 aliphatic carbocycles. The molecule has 0 saturated heterocycles. The maximum atomic E-state index is 10.1. The van der Waals surface area contributed by atoms with E-state index in [9.17, 15) is 10.2 Å². The van der Waals surface area contributed by atoms with Gasteiger partial charge >= 0.3 is 0 Å². The fourth-order valence-corrected chi connectivity index (χ4v) is 4.81. The first-order valence-electron chi connectivity index (χ1n) is 10.5. The molecule has 2 aromatic heterocycles. The third-order valence-electron chi connectivity index (χ3n) is 5.59. The number of fused-ring (bicyclic) bond motifs is 1. The number of aromatic hydroxyl groups is 2. The molecule has 0 unspecified atom stereocenters. The van der Waals surface area contributed by atoms with Gasteiger partial charge < -0.3 is 14.6 Å². The Balaban J connectivity index is 1.61. The van der Waals surface area contributed by atoms with Crippen molar-refractivity contribution in [3.05, 3.63) is 64.3 Å². The molecule has 0 atom stereocenters. The van der Waals surface area contributed by atoms with Crippen molar-refractivity contribution in [3.8, 4) is 23.0 Å². The van der Waals surface area contributed by atoms with Crippen molar-refractivity contribution in [2.45, 2.75) is 38.1 Å². The number of aromatic nitrogens is 1. The molecule has 0 aliphatic heterocycles. The van der Waals surface area contributed by atoms with E-state index in [1.54, 1.807) is 16.8 Å². The van der Waals surface area contributed by atoms with Crippen LogP contribution in [0.15, 0.2) is 68.4 Å².